The first-order chi connectivity index (χ1) is 13.6. The molecule has 7 nitrogen and oxygen atoms in total. The van der Waals surface area contributed by atoms with Gasteiger partial charge in [-0.25, -0.2) is 9.37 Å². The molecule has 3 heterocycles. The van der Waals surface area contributed by atoms with Crippen molar-refractivity contribution >= 4 is 11.6 Å². The smallest absolute Gasteiger partial charge is 0.273 e. The van der Waals surface area contributed by atoms with Gasteiger partial charge in [-0.3, -0.25) is 4.79 Å². The Morgan fingerprint density at radius 2 is 2.21 bits per heavy atom. The van der Waals surface area contributed by atoms with Crippen molar-refractivity contribution in [2.75, 3.05) is 5.32 Å². The van der Waals surface area contributed by atoms with Crippen LogP contribution in [0, 0.1) is 6.92 Å². The number of hydrogen-bond donors (Lipinski definition) is 1. The maximum Gasteiger partial charge on any atom is 0.273 e. The number of aromatic nitrogens is 4. The Balaban J connectivity index is 1.39. The van der Waals surface area contributed by atoms with Crippen molar-refractivity contribution in [3.8, 4) is 11.4 Å². The van der Waals surface area contributed by atoms with Crippen LogP contribution >= 0.6 is 0 Å². The van der Waals surface area contributed by atoms with Gasteiger partial charge in [-0.2, -0.15) is 4.98 Å². The lowest BCUT2D eigenvalue weighted by Gasteiger charge is -2.16. The number of carbonyl (C=O) groups excluding carboxylic acids is 1. The summed E-state index contributed by atoms with van der Waals surface area (Å²) in [5.41, 5.74) is 2.88. The zero-order valence-corrected chi connectivity index (χ0v) is 15.5. The number of alkyl halides is 1. The molecule has 1 N–H and O–H groups in total. The molecule has 1 aliphatic carbocycles. The van der Waals surface area contributed by atoms with E-state index < -0.39 is 6.17 Å². The summed E-state index contributed by atoms with van der Waals surface area (Å²) in [7, 11) is 0. The first-order valence-electron chi connectivity index (χ1n) is 9.54. The molecule has 1 aliphatic heterocycles. The van der Waals surface area contributed by atoms with Crippen LogP contribution in [0.1, 0.15) is 52.9 Å². The Morgan fingerprint density at radius 1 is 1.36 bits per heavy atom. The van der Waals surface area contributed by atoms with Crippen LogP contribution in [0.25, 0.3) is 11.4 Å². The summed E-state index contributed by atoms with van der Waals surface area (Å²) in [5.74, 6) is 1.23. The number of fused-ring (bicyclic) bond motifs is 1. The van der Waals surface area contributed by atoms with Crippen LogP contribution in [-0.4, -0.2) is 31.8 Å². The van der Waals surface area contributed by atoms with Gasteiger partial charge in [-0.05, 0) is 37.8 Å². The lowest BCUT2D eigenvalue weighted by atomic mass is 10.1. The average molecular weight is 381 g/mol. The zero-order chi connectivity index (χ0) is 19.3. The molecule has 0 saturated heterocycles. The third kappa shape index (κ3) is 2.98. The number of imidazole rings is 1. The second-order valence-corrected chi connectivity index (χ2v) is 7.47. The van der Waals surface area contributed by atoms with Gasteiger partial charge in [-0.15, -0.1) is 0 Å². The highest BCUT2D eigenvalue weighted by Crippen LogP contribution is 2.43. The molecule has 2 aromatic heterocycles. The summed E-state index contributed by atoms with van der Waals surface area (Å²) in [6.45, 7) is 2.74. The van der Waals surface area contributed by atoms with Crippen molar-refractivity contribution in [1.29, 1.82) is 0 Å². The van der Waals surface area contributed by atoms with Gasteiger partial charge in [0, 0.05) is 24.2 Å². The van der Waals surface area contributed by atoms with E-state index in [9.17, 15) is 9.18 Å². The second-order valence-electron chi connectivity index (χ2n) is 7.47. The predicted molar refractivity (Wildman–Crippen MR) is 99.8 cm³/mol. The SMILES string of the molecule is Cc1ccc(-c2noc(C3C[C@@H]3F)n2)cc1NC(=O)c1cnc2n1CCCC2. The highest BCUT2D eigenvalue weighted by molar-refractivity contribution is 6.03. The van der Waals surface area contributed by atoms with Gasteiger partial charge >= 0.3 is 0 Å². The average Bonchev–Trinajstić information content (AvgIpc) is 3.12. The molecule has 1 fully saturated rings. The summed E-state index contributed by atoms with van der Waals surface area (Å²) >= 11 is 0. The lowest BCUT2D eigenvalue weighted by Crippen LogP contribution is -2.20. The number of carbonyl (C=O) groups is 1. The van der Waals surface area contributed by atoms with Crippen molar-refractivity contribution in [1.82, 2.24) is 19.7 Å². The summed E-state index contributed by atoms with van der Waals surface area (Å²) in [5, 5.41) is 6.94. The third-order valence-electron chi connectivity index (χ3n) is 5.42. The molecule has 1 amide bonds. The van der Waals surface area contributed by atoms with Gasteiger partial charge in [0.25, 0.3) is 5.91 Å². The standard InChI is InChI=1S/C20H20FN5O2/c1-11-5-6-12(18-24-20(28-25-18)13-9-14(13)21)8-15(11)23-19(27)16-10-22-17-4-2-3-7-26(16)17/h5-6,8,10,13-14H,2-4,7,9H2,1H3,(H,23,27)/t13?,14-/m0/s1. The molecule has 0 radical (unpaired) electrons. The molecule has 2 aliphatic rings. The minimum Gasteiger partial charge on any atom is -0.339 e. The summed E-state index contributed by atoms with van der Waals surface area (Å²) < 4.78 is 20.4. The number of halogens is 1. The summed E-state index contributed by atoms with van der Waals surface area (Å²) in [4.78, 5) is 21.5. The van der Waals surface area contributed by atoms with Crippen LogP contribution in [0.2, 0.25) is 0 Å². The maximum atomic E-state index is 13.2. The number of aryl methyl sites for hydroxylation is 2. The maximum absolute atomic E-state index is 13.2. The van der Waals surface area contributed by atoms with E-state index in [1.54, 1.807) is 6.20 Å². The van der Waals surface area contributed by atoms with E-state index in [1.165, 1.54) is 0 Å². The van der Waals surface area contributed by atoms with Crippen LogP contribution in [-0.2, 0) is 13.0 Å². The molecule has 28 heavy (non-hydrogen) atoms. The number of hydrogen-bond acceptors (Lipinski definition) is 5. The van der Waals surface area contributed by atoms with E-state index in [0.717, 1.165) is 37.2 Å². The fourth-order valence-corrected chi connectivity index (χ4v) is 3.60. The molecule has 0 bridgehead atoms. The van der Waals surface area contributed by atoms with Crippen molar-refractivity contribution in [3.05, 3.63) is 47.4 Å². The minimum absolute atomic E-state index is 0.187. The van der Waals surface area contributed by atoms with Gasteiger partial charge in [-0.1, -0.05) is 17.3 Å². The van der Waals surface area contributed by atoms with E-state index in [2.05, 4.69) is 20.4 Å². The number of nitrogens with one attached hydrogen (secondary N) is 1. The first kappa shape index (κ1) is 17.1. The molecule has 1 unspecified atom stereocenters. The van der Waals surface area contributed by atoms with E-state index in [-0.39, 0.29) is 11.8 Å². The van der Waals surface area contributed by atoms with Gasteiger partial charge in [0.05, 0.1) is 12.1 Å². The Kier molecular flexibility index (Phi) is 3.99. The van der Waals surface area contributed by atoms with Gasteiger partial charge in [0.15, 0.2) is 0 Å². The number of amides is 1. The predicted octanol–water partition coefficient (Wildman–Crippen LogP) is 3.66. The minimum atomic E-state index is -0.886. The Morgan fingerprint density at radius 3 is 3.04 bits per heavy atom. The number of anilines is 1. The summed E-state index contributed by atoms with van der Waals surface area (Å²) in [6, 6.07) is 5.57. The van der Waals surface area contributed by atoms with Gasteiger partial charge in [0.2, 0.25) is 11.7 Å². The lowest BCUT2D eigenvalue weighted by molar-refractivity contribution is 0.101. The van der Waals surface area contributed by atoms with Crippen molar-refractivity contribution in [2.45, 2.75) is 51.2 Å². The van der Waals surface area contributed by atoms with Crippen LogP contribution in [0.15, 0.2) is 28.9 Å². The van der Waals surface area contributed by atoms with Crippen LogP contribution in [0.4, 0.5) is 10.1 Å². The highest BCUT2D eigenvalue weighted by atomic mass is 19.1. The second kappa shape index (κ2) is 6.54. The van der Waals surface area contributed by atoms with E-state index >= 15 is 0 Å². The van der Waals surface area contributed by atoms with Crippen LogP contribution in [0.3, 0.4) is 0 Å². The van der Waals surface area contributed by atoms with Gasteiger partial charge < -0.3 is 14.4 Å². The van der Waals surface area contributed by atoms with Crippen molar-refractivity contribution in [2.24, 2.45) is 0 Å². The molecule has 0 spiro atoms. The molecule has 8 heteroatoms. The molecule has 5 rings (SSSR count). The number of benzene rings is 1. The first-order valence-corrected chi connectivity index (χ1v) is 9.54. The third-order valence-corrected chi connectivity index (χ3v) is 5.42. The fourth-order valence-electron chi connectivity index (χ4n) is 3.60. The Bertz CT molecular complexity index is 1060. The summed E-state index contributed by atoms with van der Waals surface area (Å²) in [6.07, 6.45) is 4.26. The molecule has 2 atom stereocenters. The van der Waals surface area contributed by atoms with E-state index in [4.69, 9.17) is 4.52 Å². The topological polar surface area (TPSA) is 85.8 Å². The van der Waals surface area contributed by atoms with Crippen molar-refractivity contribution < 1.29 is 13.7 Å². The van der Waals surface area contributed by atoms with Crippen molar-refractivity contribution in [3.63, 3.8) is 0 Å². The zero-order valence-electron chi connectivity index (χ0n) is 15.5. The van der Waals surface area contributed by atoms with Crippen LogP contribution < -0.4 is 5.32 Å². The molecule has 3 aromatic rings. The Hall–Kier alpha value is -3.03. The van der Waals surface area contributed by atoms with Crippen LogP contribution in [0.5, 0.6) is 0 Å². The number of rotatable bonds is 4. The normalized spacial score (nSPS) is 20.6. The molecule has 1 saturated carbocycles. The molecular formula is C20H20FN5O2. The van der Waals surface area contributed by atoms with E-state index in [0.29, 0.717) is 35.1 Å². The number of nitrogens with zero attached hydrogens (tertiary/aromatic N) is 4. The molecule has 144 valence electrons. The fraction of sp³-hybridized carbons (Fsp3) is 0.400. The quantitative estimate of drug-likeness (QED) is 0.745. The van der Waals surface area contributed by atoms with E-state index in [1.807, 2.05) is 29.7 Å². The highest BCUT2D eigenvalue weighted by Gasteiger charge is 2.43. The molecular weight excluding hydrogens is 361 g/mol. The van der Waals surface area contributed by atoms with Gasteiger partial charge in [0.1, 0.15) is 17.7 Å². The largest absolute Gasteiger partial charge is 0.339 e. The Labute approximate surface area is 161 Å². The monoisotopic (exact) mass is 381 g/mol. The molecule has 1 aromatic carbocycles.